The van der Waals surface area contributed by atoms with E-state index in [9.17, 15) is 3.83 Å². The van der Waals surface area contributed by atoms with Gasteiger partial charge >= 0.3 is 76.5 Å². The zero-order chi connectivity index (χ0) is 8.97. The fourth-order valence-electron chi connectivity index (χ4n) is 0.821. The molecule has 0 spiro atoms. The monoisotopic (exact) mass is 226 g/mol. The van der Waals surface area contributed by atoms with Crippen LogP contribution in [-0.2, 0) is 3.83 Å². The Bertz CT molecular complexity index is 310. The minimum atomic E-state index is -2.01. The van der Waals surface area contributed by atoms with Crippen molar-refractivity contribution in [3.63, 3.8) is 0 Å². The molecular weight excluding hydrogens is 215 g/mol. The third-order valence-electron chi connectivity index (χ3n) is 1.53. The van der Waals surface area contributed by atoms with Crippen LogP contribution in [0.15, 0.2) is 30.3 Å². The Hall–Kier alpha value is -0.901. The van der Waals surface area contributed by atoms with Crippen LogP contribution < -0.4 is 4.46 Å². The van der Waals surface area contributed by atoms with Crippen molar-refractivity contribution in [1.82, 2.24) is 0 Å². The third-order valence-corrected chi connectivity index (χ3v) is 4.71. The van der Waals surface area contributed by atoms with Gasteiger partial charge in [-0.1, -0.05) is 0 Å². The Kier molecular flexibility index (Phi) is 3.22. The van der Waals surface area contributed by atoms with Crippen molar-refractivity contribution in [1.29, 1.82) is 0 Å². The molecule has 0 aliphatic carbocycles. The van der Waals surface area contributed by atoms with E-state index < -0.39 is 13.8 Å². The maximum atomic E-state index is 11.6. The van der Waals surface area contributed by atoms with E-state index in [1.807, 2.05) is 37.3 Å². The second kappa shape index (κ2) is 4.21. The molecule has 12 heavy (non-hydrogen) atoms. The van der Waals surface area contributed by atoms with Crippen molar-refractivity contribution in [2.45, 2.75) is 11.7 Å². The van der Waals surface area contributed by atoms with Crippen LogP contribution >= 0.6 is 0 Å². The first-order valence-corrected chi connectivity index (χ1v) is 6.22. The molecule has 0 aliphatic heterocycles. The van der Waals surface area contributed by atoms with Gasteiger partial charge in [0, 0.05) is 0 Å². The molecule has 0 bridgehead atoms. The summed E-state index contributed by atoms with van der Waals surface area (Å²) >= 11 is -2.01. The topological polar surface area (TPSA) is 17.1 Å². The van der Waals surface area contributed by atoms with E-state index in [0.717, 1.165) is 4.46 Å². The van der Waals surface area contributed by atoms with Crippen LogP contribution in [0.4, 0.5) is 0 Å². The van der Waals surface area contributed by atoms with Crippen LogP contribution in [0.3, 0.4) is 0 Å². The summed E-state index contributed by atoms with van der Waals surface area (Å²) in [5, 5.41) is 0. The molecule has 0 saturated heterocycles. The zero-order valence-corrected chi connectivity index (χ0v) is 8.57. The fourth-order valence-corrected chi connectivity index (χ4v) is 2.83. The molecule has 1 rings (SSSR count). The van der Waals surface area contributed by atoms with Crippen molar-refractivity contribution < 1.29 is 3.83 Å². The minimum absolute atomic E-state index is 0.118. The predicted octanol–water partition coefficient (Wildman–Crippen LogP) is 1.34. The molecule has 0 heterocycles. The van der Waals surface area contributed by atoms with Gasteiger partial charge in [-0.15, -0.1) is 0 Å². The fraction of sp³-hybridized carbons (Fsp3) is 0.200. The van der Waals surface area contributed by atoms with E-state index in [4.69, 9.17) is 6.42 Å². The molecule has 0 aromatic heterocycles. The molecule has 1 aromatic carbocycles. The Morgan fingerprint density at radius 3 is 2.50 bits per heavy atom. The van der Waals surface area contributed by atoms with Gasteiger partial charge in [0.2, 0.25) is 0 Å². The third kappa shape index (κ3) is 2.04. The molecule has 0 aliphatic rings. The number of hydrogen-bond donors (Lipinski definition) is 0. The summed E-state index contributed by atoms with van der Waals surface area (Å²) in [5.74, 6) is 2.51. The summed E-state index contributed by atoms with van der Waals surface area (Å²) in [6.45, 7) is 1.82. The van der Waals surface area contributed by atoms with Gasteiger partial charge in [0.15, 0.2) is 0 Å². The molecular formula is C10H10OSe. The average Bonchev–Trinajstić information content (AvgIpc) is 2.17. The zero-order valence-electron chi connectivity index (χ0n) is 6.86. The summed E-state index contributed by atoms with van der Waals surface area (Å²) in [6, 6.07) is 9.40. The van der Waals surface area contributed by atoms with Crippen molar-refractivity contribution in [2.24, 2.45) is 0 Å². The maximum absolute atomic E-state index is 11.6. The second-order valence-electron chi connectivity index (χ2n) is 2.42. The first kappa shape index (κ1) is 9.19. The first-order valence-electron chi connectivity index (χ1n) is 3.67. The van der Waals surface area contributed by atoms with Crippen molar-refractivity contribution >= 4 is 18.3 Å². The van der Waals surface area contributed by atoms with Crippen molar-refractivity contribution in [3.8, 4) is 12.3 Å². The van der Waals surface area contributed by atoms with Gasteiger partial charge in [-0.25, -0.2) is 0 Å². The van der Waals surface area contributed by atoms with E-state index in [1.165, 1.54) is 0 Å². The summed E-state index contributed by atoms with van der Waals surface area (Å²) in [7, 11) is 0. The number of rotatable bonds is 2. The number of benzene rings is 1. The molecule has 62 valence electrons. The molecule has 1 nitrogen and oxygen atoms in total. The second-order valence-corrected chi connectivity index (χ2v) is 6.14. The van der Waals surface area contributed by atoms with Gasteiger partial charge in [0.05, 0.1) is 0 Å². The van der Waals surface area contributed by atoms with Gasteiger partial charge in [-0.3, -0.25) is 0 Å². The number of hydrogen-bond acceptors (Lipinski definition) is 1. The molecule has 2 heteroatoms. The Morgan fingerprint density at radius 2 is 2.00 bits per heavy atom. The van der Waals surface area contributed by atoms with E-state index >= 15 is 0 Å². The van der Waals surface area contributed by atoms with Gasteiger partial charge in [0.25, 0.3) is 0 Å². The Morgan fingerprint density at radius 1 is 1.42 bits per heavy atom. The molecule has 0 radical (unpaired) electrons. The molecule has 2 unspecified atom stereocenters. The van der Waals surface area contributed by atoms with Gasteiger partial charge in [-0.2, -0.15) is 0 Å². The molecule has 0 N–H and O–H groups in total. The SMILES string of the molecule is C#CC(C)[Se](=O)c1ccccc1. The normalized spacial score (nSPS) is 14.7. The molecule has 0 fully saturated rings. The summed E-state index contributed by atoms with van der Waals surface area (Å²) in [4.78, 5) is -0.118. The van der Waals surface area contributed by atoms with Crippen LogP contribution in [0.1, 0.15) is 6.92 Å². The van der Waals surface area contributed by atoms with E-state index in [1.54, 1.807) is 0 Å². The summed E-state index contributed by atoms with van der Waals surface area (Å²) in [6.07, 6.45) is 5.19. The number of terminal acetylenes is 1. The quantitative estimate of drug-likeness (QED) is 0.548. The molecule has 1 aromatic rings. The predicted molar refractivity (Wildman–Crippen MR) is 50.8 cm³/mol. The average molecular weight is 225 g/mol. The molecule has 0 amide bonds. The van der Waals surface area contributed by atoms with Crippen molar-refractivity contribution in [3.05, 3.63) is 30.3 Å². The Balaban J connectivity index is 2.88. The van der Waals surface area contributed by atoms with Crippen LogP contribution in [0, 0.1) is 12.3 Å². The van der Waals surface area contributed by atoms with Crippen LogP contribution in [0.2, 0.25) is 4.82 Å². The van der Waals surface area contributed by atoms with Gasteiger partial charge < -0.3 is 0 Å². The van der Waals surface area contributed by atoms with Gasteiger partial charge in [-0.05, 0) is 0 Å². The van der Waals surface area contributed by atoms with Crippen LogP contribution in [0.5, 0.6) is 0 Å². The van der Waals surface area contributed by atoms with Crippen LogP contribution in [-0.4, -0.2) is 13.8 Å². The first-order chi connectivity index (χ1) is 5.75. The standard InChI is InChI=1S/C10H10OSe/c1-3-9(2)12(11)10-7-5-4-6-8-10/h1,4-9H,2H3. The van der Waals surface area contributed by atoms with E-state index in [0.29, 0.717) is 0 Å². The van der Waals surface area contributed by atoms with E-state index in [-0.39, 0.29) is 4.82 Å². The Labute approximate surface area is 76.9 Å². The molecule has 2 atom stereocenters. The molecule has 0 saturated carbocycles. The van der Waals surface area contributed by atoms with Crippen molar-refractivity contribution in [2.75, 3.05) is 0 Å². The van der Waals surface area contributed by atoms with Crippen LogP contribution in [0.25, 0.3) is 0 Å². The summed E-state index contributed by atoms with van der Waals surface area (Å²) < 4.78 is 12.5. The van der Waals surface area contributed by atoms with Gasteiger partial charge in [0.1, 0.15) is 0 Å². The van der Waals surface area contributed by atoms with E-state index in [2.05, 4.69) is 5.92 Å². The summed E-state index contributed by atoms with van der Waals surface area (Å²) in [5.41, 5.74) is 0.